The summed E-state index contributed by atoms with van der Waals surface area (Å²) < 4.78 is 0.729. The number of rotatable bonds is 2. The molecule has 2 aromatic rings. The molecule has 0 bridgehead atoms. The van der Waals surface area contributed by atoms with Crippen LogP contribution in [-0.4, -0.2) is 21.0 Å². The number of aromatic hydroxyl groups is 1. The largest absolute Gasteiger partial charge is 0.505 e. The lowest BCUT2D eigenvalue weighted by Gasteiger charge is -2.07. The van der Waals surface area contributed by atoms with E-state index in [9.17, 15) is 9.90 Å². The fraction of sp³-hybridized carbons (Fsp3) is 0.0833. The Balaban J connectivity index is 2.22. The van der Waals surface area contributed by atoms with E-state index in [4.69, 9.17) is 0 Å². The molecule has 0 aliphatic carbocycles. The van der Waals surface area contributed by atoms with E-state index < -0.39 is 5.91 Å². The monoisotopic (exact) mass is 307 g/mol. The van der Waals surface area contributed by atoms with E-state index in [2.05, 4.69) is 31.2 Å². The predicted molar refractivity (Wildman–Crippen MR) is 70.5 cm³/mol. The van der Waals surface area contributed by atoms with E-state index >= 15 is 0 Å². The Labute approximate surface area is 112 Å². The van der Waals surface area contributed by atoms with Crippen molar-refractivity contribution in [3.8, 4) is 5.75 Å². The van der Waals surface area contributed by atoms with Crippen molar-refractivity contribution in [1.29, 1.82) is 0 Å². The number of anilines is 1. The minimum atomic E-state index is -0.404. The Kier molecular flexibility index (Phi) is 3.57. The van der Waals surface area contributed by atoms with Gasteiger partial charge in [0.15, 0.2) is 0 Å². The summed E-state index contributed by atoms with van der Waals surface area (Å²) in [6.07, 6.45) is 4.20. The second-order valence-electron chi connectivity index (χ2n) is 3.68. The number of carbonyl (C=O) groups excluding carboxylic acids is 1. The molecule has 1 amide bonds. The number of pyridine rings is 2. The van der Waals surface area contributed by atoms with Crippen LogP contribution >= 0.6 is 15.9 Å². The molecule has 92 valence electrons. The van der Waals surface area contributed by atoms with Crippen LogP contribution in [0.1, 0.15) is 15.9 Å². The van der Waals surface area contributed by atoms with Gasteiger partial charge in [-0.1, -0.05) is 0 Å². The molecule has 0 spiro atoms. The molecule has 0 saturated carbocycles. The van der Waals surface area contributed by atoms with E-state index in [1.807, 2.05) is 6.92 Å². The second-order valence-corrected chi connectivity index (χ2v) is 4.43. The van der Waals surface area contributed by atoms with Gasteiger partial charge in [0.25, 0.3) is 5.91 Å². The van der Waals surface area contributed by atoms with E-state index in [-0.39, 0.29) is 11.3 Å². The summed E-state index contributed by atoms with van der Waals surface area (Å²) in [7, 11) is 0. The lowest BCUT2D eigenvalue weighted by molar-refractivity contribution is 0.102. The van der Waals surface area contributed by atoms with Crippen molar-refractivity contribution in [2.45, 2.75) is 6.92 Å². The first-order valence-electron chi connectivity index (χ1n) is 5.14. The van der Waals surface area contributed by atoms with E-state index in [0.29, 0.717) is 5.69 Å². The summed E-state index contributed by atoms with van der Waals surface area (Å²) in [5.41, 5.74) is 1.65. The van der Waals surface area contributed by atoms with Crippen molar-refractivity contribution in [2.75, 3.05) is 5.32 Å². The van der Waals surface area contributed by atoms with Gasteiger partial charge in [0, 0.05) is 6.20 Å². The third kappa shape index (κ3) is 2.65. The summed E-state index contributed by atoms with van der Waals surface area (Å²) in [6, 6.07) is 3.23. The zero-order valence-electron chi connectivity index (χ0n) is 9.51. The molecular formula is C12H10BrN3O2. The zero-order chi connectivity index (χ0) is 13.1. The number of amides is 1. The molecule has 0 unspecified atom stereocenters. The maximum Gasteiger partial charge on any atom is 0.259 e. The van der Waals surface area contributed by atoms with Crippen LogP contribution in [0.2, 0.25) is 0 Å². The van der Waals surface area contributed by atoms with E-state index in [0.717, 1.165) is 10.2 Å². The third-order valence-electron chi connectivity index (χ3n) is 2.32. The number of aromatic nitrogens is 2. The number of carbonyl (C=O) groups is 1. The van der Waals surface area contributed by atoms with Gasteiger partial charge in [-0.2, -0.15) is 0 Å². The molecule has 0 saturated heterocycles. The van der Waals surface area contributed by atoms with Crippen LogP contribution in [0.25, 0.3) is 0 Å². The SMILES string of the molecule is Cc1cc(NC(=O)c2ccncc2O)cnc1Br. The van der Waals surface area contributed by atoms with Crippen molar-refractivity contribution in [1.82, 2.24) is 9.97 Å². The Bertz CT molecular complexity index is 602. The van der Waals surface area contributed by atoms with E-state index in [1.54, 1.807) is 6.07 Å². The highest BCUT2D eigenvalue weighted by Crippen LogP contribution is 2.19. The fourth-order valence-electron chi connectivity index (χ4n) is 1.40. The van der Waals surface area contributed by atoms with Gasteiger partial charge in [0.2, 0.25) is 0 Å². The molecule has 5 nitrogen and oxygen atoms in total. The van der Waals surface area contributed by atoms with Crippen LogP contribution in [0.5, 0.6) is 5.75 Å². The first kappa shape index (κ1) is 12.5. The van der Waals surface area contributed by atoms with Gasteiger partial charge in [0.1, 0.15) is 10.4 Å². The summed E-state index contributed by atoms with van der Waals surface area (Å²) in [5.74, 6) is -0.560. The van der Waals surface area contributed by atoms with Crippen LogP contribution in [0, 0.1) is 6.92 Å². The van der Waals surface area contributed by atoms with Gasteiger partial charge < -0.3 is 10.4 Å². The van der Waals surface area contributed by atoms with Crippen LogP contribution in [0.3, 0.4) is 0 Å². The molecular weight excluding hydrogens is 298 g/mol. The summed E-state index contributed by atoms with van der Waals surface area (Å²) in [4.78, 5) is 19.7. The van der Waals surface area contributed by atoms with Gasteiger partial charge in [-0.25, -0.2) is 4.98 Å². The maximum absolute atomic E-state index is 11.9. The highest BCUT2D eigenvalue weighted by molar-refractivity contribution is 9.10. The number of aryl methyl sites for hydroxylation is 1. The standard InChI is InChI=1S/C12H10BrN3O2/c1-7-4-8(5-15-11(7)13)16-12(18)9-2-3-14-6-10(9)17/h2-6,17H,1H3,(H,16,18). The van der Waals surface area contributed by atoms with Crippen LogP contribution < -0.4 is 5.32 Å². The third-order valence-corrected chi connectivity index (χ3v) is 3.15. The average Bonchev–Trinajstić information content (AvgIpc) is 2.34. The molecule has 18 heavy (non-hydrogen) atoms. The van der Waals surface area contributed by atoms with Crippen LogP contribution in [-0.2, 0) is 0 Å². The molecule has 0 aliphatic rings. The lowest BCUT2D eigenvalue weighted by Crippen LogP contribution is -2.12. The lowest BCUT2D eigenvalue weighted by atomic mass is 10.2. The molecule has 6 heteroatoms. The van der Waals surface area contributed by atoms with E-state index in [1.165, 1.54) is 24.7 Å². The Morgan fingerprint density at radius 2 is 2.22 bits per heavy atom. The molecule has 2 aromatic heterocycles. The maximum atomic E-state index is 11.9. The van der Waals surface area contributed by atoms with Gasteiger partial charge in [-0.3, -0.25) is 9.78 Å². The van der Waals surface area contributed by atoms with Gasteiger partial charge in [-0.15, -0.1) is 0 Å². The number of halogens is 1. The molecule has 0 radical (unpaired) electrons. The van der Waals surface area contributed by atoms with Crippen LogP contribution in [0.15, 0.2) is 35.3 Å². The smallest absolute Gasteiger partial charge is 0.259 e. The van der Waals surface area contributed by atoms with Gasteiger partial charge >= 0.3 is 0 Å². The molecule has 0 aliphatic heterocycles. The average molecular weight is 308 g/mol. The van der Waals surface area contributed by atoms with Gasteiger partial charge in [0.05, 0.1) is 23.6 Å². The van der Waals surface area contributed by atoms with Crippen molar-refractivity contribution in [3.63, 3.8) is 0 Å². The van der Waals surface area contributed by atoms with Crippen molar-refractivity contribution < 1.29 is 9.90 Å². The number of hydrogen-bond acceptors (Lipinski definition) is 4. The molecule has 0 atom stereocenters. The fourth-order valence-corrected chi connectivity index (χ4v) is 1.62. The first-order chi connectivity index (χ1) is 8.58. The summed E-state index contributed by atoms with van der Waals surface area (Å²) in [6.45, 7) is 1.87. The summed E-state index contributed by atoms with van der Waals surface area (Å²) in [5, 5.41) is 12.2. The Hall–Kier alpha value is -1.95. The topological polar surface area (TPSA) is 75.1 Å². The summed E-state index contributed by atoms with van der Waals surface area (Å²) >= 11 is 3.28. The number of hydrogen-bond donors (Lipinski definition) is 2. The molecule has 2 rings (SSSR count). The molecule has 2 heterocycles. The van der Waals surface area contributed by atoms with Crippen molar-refractivity contribution in [2.24, 2.45) is 0 Å². The Morgan fingerprint density at radius 1 is 1.44 bits per heavy atom. The second kappa shape index (κ2) is 5.14. The quantitative estimate of drug-likeness (QED) is 0.836. The van der Waals surface area contributed by atoms with Crippen LogP contribution in [0.4, 0.5) is 5.69 Å². The predicted octanol–water partition coefficient (Wildman–Crippen LogP) is 2.51. The first-order valence-corrected chi connectivity index (χ1v) is 5.93. The van der Waals surface area contributed by atoms with Crippen molar-refractivity contribution in [3.05, 3.63) is 46.5 Å². The normalized spacial score (nSPS) is 10.1. The highest BCUT2D eigenvalue weighted by atomic mass is 79.9. The molecule has 0 fully saturated rings. The molecule has 0 aromatic carbocycles. The highest BCUT2D eigenvalue weighted by Gasteiger charge is 2.11. The van der Waals surface area contributed by atoms with Gasteiger partial charge in [-0.05, 0) is 40.5 Å². The van der Waals surface area contributed by atoms with Crippen molar-refractivity contribution >= 4 is 27.5 Å². The minimum Gasteiger partial charge on any atom is -0.505 e. The Morgan fingerprint density at radius 3 is 2.89 bits per heavy atom. The number of nitrogens with zero attached hydrogens (tertiary/aromatic N) is 2. The zero-order valence-corrected chi connectivity index (χ0v) is 11.1. The minimum absolute atomic E-state index is 0.156. The molecule has 2 N–H and O–H groups in total. The number of nitrogens with one attached hydrogen (secondary N) is 1.